The average molecular weight is 422 g/mol. The summed E-state index contributed by atoms with van der Waals surface area (Å²) in [4.78, 5) is 17.1. The number of nitrogens with one attached hydrogen (secondary N) is 1. The first-order chi connectivity index (χ1) is 15.1. The number of fused-ring (bicyclic) bond motifs is 1. The molecule has 1 saturated heterocycles. The molecule has 0 saturated carbocycles. The molecule has 2 aromatic carbocycles. The zero-order chi connectivity index (χ0) is 21.6. The van der Waals surface area contributed by atoms with E-state index in [0.29, 0.717) is 19.8 Å². The Morgan fingerprint density at radius 1 is 1.23 bits per heavy atom. The molecule has 1 amide bonds. The number of nitrogens with zero attached hydrogens (tertiary/aromatic N) is 2. The minimum Gasteiger partial charge on any atom is -0.493 e. The molecule has 1 aliphatic rings. The van der Waals surface area contributed by atoms with Gasteiger partial charge in [0, 0.05) is 13.2 Å². The fourth-order valence-electron chi connectivity index (χ4n) is 3.99. The van der Waals surface area contributed by atoms with Gasteiger partial charge in [0.05, 0.1) is 24.2 Å². The predicted octanol–water partition coefficient (Wildman–Crippen LogP) is 4.31. The number of carbonyl (C=O) groups excluding carboxylic acids is 1. The second-order valence-electron chi connectivity index (χ2n) is 8.21. The van der Waals surface area contributed by atoms with Gasteiger partial charge in [0.15, 0.2) is 0 Å². The highest BCUT2D eigenvalue weighted by Crippen LogP contribution is 2.20. The van der Waals surface area contributed by atoms with Crippen LogP contribution in [0.1, 0.15) is 42.6 Å². The molecule has 6 heteroatoms. The van der Waals surface area contributed by atoms with E-state index in [1.165, 1.54) is 5.56 Å². The van der Waals surface area contributed by atoms with Crippen LogP contribution >= 0.6 is 0 Å². The SMILES string of the molecule is Cc1ccc(C)c(OCCCCn2c(CNC(=O)C3CCCO3)nc3ccccc32)c1. The Morgan fingerprint density at radius 3 is 2.94 bits per heavy atom. The number of unbranched alkanes of at least 4 members (excludes halogenated alkanes) is 1. The molecule has 6 nitrogen and oxygen atoms in total. The van der Waals surface area contributed by atoms with E-state index < -0.39 is 0 Å². The largest absolute Gasteiger partial charge is 0.493 e. The van der Waals surface area contributed by atoms with Gasteiger partial charge in [-0.15, -0.1) is 0 Å². The lowest BCUT2D eigenvalue weighted by Gasteiger charge is -2.13. The standard InChI is InChI=1S/C25H31N3O3/c1-18-11-12-19(2)23(16-18)31-14-6-5-13-28-21-9-4-3-8-20(21)27-24(28)17-26-25(29)22-10-7-15-30-22/h3-4,8-9,11-12,16,22H,5-7,10,13-15,17H2,1-2H3,(H,26,29). The minimum absolute atomic E-state index is 0.0435. The summed E-state index contributed by atoms with van der Waals surface area (Å²) in [5.74, 6) is 1.80. The highest BCUT2D eigenvalue weighted by Gasteiger charge is 2.23. The fraction of sp³-hybridized carbons (Fsp3) is 0.440. The van der Waals surface area contributed by atoms with Crippen molar-refractivity contribution in [1.82, 2.24) is 14.9 Å². The predicted molar refractivity (Wildman–Crippen MR) is 121 cm³/mol. The van der Waals surface area contributed by atoms with Crippen molar-refractivity contribution in [1.29, 1.82) is 0 Å². The van der Waals surface area contributed by atoms with Gasteiger partial charge in [-0.1, -0.05) is 24.3 Å². The first kappa shape index (κ1) is 21.4. The van der Waals surface area contributed by atoms with Crippen LogP contribution in [-0.2, 0) is 22.6 Å². The zero-order valence-electron chi connectivity index (χ0n) is 18.4. The van der Waals surface area contributed by atoms with Crippen LogP contribution in [0.4, 0.5) is 0 Å². The number of carbonyl (C=O) groups is 1. The maximum atomic E-state index is 12.3. The maximum absolute atomic E-state index is 12.3. The maximum Gasteiger partial charge on any atom is 0.249 e. The molecule has 164 valence electrons. The molecular weight excluding hydrogens is 390 g/mol. The number of benzene rings is 2. The third kappa shape index (κ3) is 5.25. The first-order valence-corrected chi connectivity index (χ1v) is 11.2. The van der Waals surface area contributed by atoms with Crippen LogP contribution in [0.5, 0.6) is 5.75 Å². The molecule has 0 aliphatic carbocycles. The van der Waals surface area contributed by atoms with Gasteiger partial charge in [0.25, 0.3) is 0 Å². The van der Waals surface area contributed by atoms with Gasteiger partial charge in [-0.2, -0.15) is 0 Å². The lowest BCUT2D eigenvalue weighted by Crippen LogP contribution is -2.34. The van der Waals surface area contributed by atoms with E-state index in [2.05, 4.69) is 48.0 Å². The smallest absolute Gasteiger partial charge is 0.249 e. The molecule has 1 atom stereocenters. The monoisotopic (exact) mass is 421 g/mol. The van der Waals surface area contributed by atoms with Crippen LogP contribution in [0, 0.1) is 13.8 Å². The van der Waals surface area contributed by atoms with Crippen molar-refractivity contribution in [2.45, 2.75) is 58.7 Å². The summed E-state index contributed by atoms with van der Waals surface area (Å²) < 4.78 is 13.7. The van der Waals surface area contributed by atoms with E-state index in [1.807, 2.05) is 18.2 Å². The first-order valence-electron chi connectivity index (χ1n) is 11.2. The van der Waals surface area contributed by atoms with E-state index >= 15 is 0 Å². The summed E-state index contributed by atoms with van der Waals surface area (Å²) in [5, 5.41) is 3.00. The molecule has 1 fully saturated rings. The number of aryl methyl sites for hydroxylation is 3. The summed E-state index contributed by atoms with van der Waals surface area (Å²) in [5.41, 5.74) is 4.42. The van der Waals surface area contributed by atoms with Crippen LogP contribution < -0.4 is 10.1 Å². The van der Waals surface area contributed by atoms with Crippen molar-refractivity contribution in [3.63, 3.8) is 0 Å². The molecule has 0 bridgehead atoms. The summed E-state index contributed by atoms with van der Waals surface area (Å²) in [7, 11) is 0. The van der Waals surface area contributed by atoms with Crippen molar-refractivity contribution in [2.24, 2.45) is 0 Å². The van der Waals surface area contributed by atoms with Gasteiger partial charge in [-0.05, 0) is 68.9 Å². The highest BCUT2D eigenvalue weighted by molar-refractivity contribution is 5.81. The second kappa shape index (κ2) is 9.96. The van der Waals surface area contributed by atoms with Crippen LogP contribution in [0.25, 0.3) is 11.0 Å². The number of para-hydroxylation sites is 2. The van der Waals surface area contributed by atoms with Crippen molar-refractivity contribution in [3.05, 3.63) is 59.4 Å². The van der Waals surface area contributed by atoms with Gasteiger partial charge in [-0.25, -0.2) is 4.98 Å². The summed E-state index contributed by atoms with van der Waals surface area (Å²) in [6.07, 6.45) is 3.34. The van der Waals surface area contributed by atoms with Crippen LogP contribution in [0.15, 0.2) is 42.5 Å². The third-order valence-electron chi connectivity index (χ3n) is 5.75. The van der Waals surface area contributed by atoms with Crippen molar-refractivity contribution in [2.75, 3.05) is 13.2 Å². The van der Waals surface area contributed by atoms with E-state index in [9.17, 15) is 4.79 Å². The van der Waals surface area contributed by atoms with Crippen molar-refractivity contribution < 1.29 is 14.3 Å². The van der Waals surface area contributed by atoms with Gasteiger partial charge >= 0.3 is 0 Å². The van der Waals surface area contributed by atoms with Crippen molar-refractivity contribution in [3.8, 4) is 5.75 Å². The Hall–Kier alpha value is -2.86. The Bertz CT molecular complexity index is 1040. The number of imidazole rings is 1. The number of hydrogen-bond acceptors (Lipinski definition) is 4. The van der Waals surface area contributed by atoms with Crippen LogP contribution in [0.2, 0.25) is 0 Å². The van der Waals surface area contributed by atoms with Crippen molar-refractivity contribution >= 4 is 16.9 Å². The number of amides is 1. The van der Waals surface area contributed by atoms with Gasteiger partial charge in [-0.3, -0.25) is 4.79 Å². The summed E-state index contributed by atoms with van der Waals surface area (Å²) in [6, 6.07) is 14.4. The molecule has 4 rings (SSSR count). The Morgan fingerprint density at radius 2 is 2.10 bits per heavy atom. The average Bonchev–Trinajstić information content (AvgIpc) is 3.43. The normalized spacial score (nSPS) is 16.0. The number of ether oxygens (including phenoxy) is 2. The quantitative estimate of drug-likeness (QED) is 0.523. The summed E-state index contributed by atoms with van der Waals surface area (Å²) >= 11 is 0. The summed E-state index contributed by atoms with van der Waals surface area (Å²) in [6.45, 7) is 6.75. The molecule has 0 spiro atoms. The van der Waals surface area contributed by atoms with Crippen LogP contribution in [0.3, 0.4) is 0 Å². The highest BCUT2D eigenvalue weighted by atomic mass is 16.5. The van der Waals surface area contributed by atoms with E-state index in [4.69, 9.17) is 14.5 Å². The molecular formula is C25H31N3O3. The number of rotatable bonds is 9. The Balaban J connectivity index is 1.35. The molecule has 1 aliphatic heterocycles. The van der Waals surface area contributed by atoms with Gasteiger partial charge in [0.1, 0.15) is 17.7 Å². The molecule has 1 N–H and O–H groups in total. The van der Waals surface area contributed by atoms with E-state index in [0.717, 1.165) is 60.4 Å². The van der Waals surface area contributed by atoms with Gasteiger partial charge < -0.3 is 19.4 Å². The Kier molecular flexibility index (Phi) is 6.87. The van der Waals surface area contributed by atoms with Gasteiger partial charge in [0.2, 0.25) is 5.91 Å². The molecule has 0 radical (unpaired) electrons. The number of aromatic nitrogens is 2. The fourth-order valence-corrected chi connectivity index (χ4v) is 3.99. The molecule has 3 aromatic rings. The lowest BCUT2D eigenvalue weighted by atomic mass is 10.1. The molecule has 31 heavy (non-hydrogen) atoms. The van der Waals surface area contributed by atoms with E-state index in [1.54, 1.807) is 0 Å². The minimum atomic E-state index is -0.319. The number of hydrogen-bond donors (Lipinski definition) is 1. The molecule has 1 unspecified atom stereocenters. The van der Waals surface area contributed by atoms with Crippen LogP contribution in [-0.4, -0.2) is 34.8 Å². The van der Waals surface area contributed by atoms with E-state index in [-0.39, 0.29) is 12.0 Å². The second-order valence-corrected chi connectivity index (χ2v) is 8.21. The zero-order valence-corrected chi connectivity index (χ0v) is 18.4. The Labute approximate surface area is 183 Å². The topological polar surface area (TPSA) is 65.4 Å². The molecule has 2 heterocycles. The lowest BCUT2D eigenvalue weighted by molar-refractivity contribution is -0.130. The molecule has 1 aromatic heterocycles. The third-order valence-corrected chi connectivity index (χ3v) is 5.75.